The number of nitrogens with one attached hydrogen (secondary N) is 2. The van der Waals surface area contributed by atoms with Gasteiger partial charge in [0.05, 0.1) is 5.41 Å². The highest BCUT2D eigenvalue weighted by atomic mass is 79.9. The molecule has 1 saturated heterocycles. The van der Waals surface area contributed by atoms with Gasteiger partial charge in [-0.3, -0.25) is 9.59 Å². The molecule has 0 radical (unpaired) electrons. The maximum absolute atomic E-state index is 13.7. The van der Waals surface area contributed by atoms with Crippen LogP contribution in [0.4, 0.5) is 5.69 Å². The fourth-order valence-electron chi connectivity index (χ4n) is 4.76. The van der Waals surface area contributed by atoms with Gasteiger partial charge < -0.3 is 10.6 Å². The number of hydrogen-bond acceptors (Lipinski definition) is 2. The lowest BCUT2D eigenvalue weighted by molar-refractivity contribution is -0.123. The van der Waals surface area contributed by atoms with Gasteiger partial charge in [-0.2, -0.15) is 0 Å². The van der Waals surface area contributed by atoms with E-state index in [2.05, 4.69) is 33.1 Å². The van der Waals surface area contributed by atoms with Crippen molar-refractivity contribution in [1.82, 2.24) is 5.32 Å². The first-order chi connectivity index (χ1) is 13.4. The Morgan fingerprint density at radius 3 is 2.71 bits per heavy atom. The molecule has 2 aromatic carbocycles. The zero-order chi connectivity index (χ0) is 20.1. The SMILES string of the molecule is C=C(C)[C@H]1CNC(=O)C[C@@H](c2cccc(Cl)c2)[C@]12C(=O)Nc1cccc(Br)c12. The van der Waals surface area contributed by atoms with E-state index in [0.717, 1.165) is 26.9 Å². The molecule has 2 aliphatic heterocycles. The monoisotopic (exact) mass is 458 g/mol. The van der Waals surface area contributed by atoms with Crippen LogP contribution in [0.2, 0.25) is 5.02 Å². The van der Waals surface area contributed by atoms with E-state index in [0.29, 0.717) is 11.6 Å². The van der Waals surface area contributed by atoms with Crippen LogP contribution in [-0.2, 0) is 15.0 Å². The highest BCUT2D eigenvalue weighted by Gasteiger charge is 2.59. The number of amides is 2. The first-order valence-electron chi connectivity index (χ1n) is 9.13. The zero-order valence-electron chi connectivity index (χ0n) is 15.4. The van der Waals surface area contributed by atoms with Crippen LogP contribution in [0.5, 0.6) is 0 Å². The van der Waals surface area contributed by atoms with Crippen LogP contribution in [0.15, 0.2) is 59.1 Å². The summed E-state index contributed by atoms with van der Waals surface area (Å²) in [6.07, 6.45) is 0.193. The molecular formula is C22H20BrClN2O2. The van der Waals surface area contributed by atoms with E-state index in [1.165, 1.54) is 0 Å². The fourth-order valence-corrected chi connectivity index (χ4v) is 5.65. The predicted molar refractivity (Wildman–Crippen MR) is 115 cm³/mol. The van der Waals surface area contributed by atoms with Crippen LogP contribution in [0, 0.1) is 5.92 Å². The van der Waals surface area contributed by atoms with E-state index in [1.54, 1.807) is 6.07 Å². The normalized spacial score (nSPS) is 26.4. The molecule has 2 amide bonds. The Kier molecular flexibility index (Phi) is 4.84. The van der Waals surface area contributed by atoms with Gasteiger partial charge in [-0.1, -0.05) is 57.9 Å². The predicted octanol–water partition coefficient (Wildman–Crippen LogP) is 4.79. The molecule has 2 heterocycles. The molecule has 28 heavy (non-hydrogen) atoms. The third-order valence-electron chi connectivity index (χ3n) is 5.89. The Hall–Kier alpha value is -2.11. The summed E-state index contributed by atoms with van der Waals surface area (Å²) in [4.78, 5) is 26.3. The van der Waals surface area contributed by atoms with Crippen LogP contribution in [0.1, 0.15) is 30.4 Å². The summed E-state index contributed by atoms with van der Waals surface area (Å²) >= 11 is 9.94. The molecule has 144 valence electrons. The number of benzene rings is 2. The second-order valence-corrected chi connectivity index (χ2v) is 8.79. The lowest BCUT2D eigenvalue weighted by Gasteiger charge is -2.41. The number of carbonyl (C=O) groups excluding carboxylic acids is 2. The third-order valence-corrected chi connectivity index (χ3v) is 6.79. The smallest absolute Gasteiger partial charge is 0.236 e. The van der Waals surface area contributed by atoms with Crippen molar-refractivity contribution in [3.63, 3.8) is 0 Å². The van der Waals surface area contributed by atoms with Crippen molar-refractivity contribution < 1.29 is 9.59 Å². The second kappa shape index (κ2) is 7.05. The Bertz CT molecular complexity index is 1010. The van der Waals surface area contributed by atoms with Crippen molar-refractivity contribution in [3.8, 4) is 0 Å². The van der Waals surface area contributed by atoms with Crippen LogP contribution < -0.4 is 10.6 Å². The topological polar surface area (TPSA) is 58.2 Å². The minimum Gasteiger partial charge on any atom is -0.355 e. The molecule has 4 nitrogen and oxygen atoms in total. The van der Waals surface area contributed by atoms with E-state index >= 15 is 0 Å². The highest BCUT2D eigenvalue weighted by molar-refractivity contribution is 9.10. The van der Waals surface area contributed by atoms with Crippen LogP contribution >= 0.6 is 27.5 Å². The Morgan fingerprint density at radius 1 is 1.25 bits per heavy atom. The summed E-state index contributed by atoms with van der Waals surface area (Å²) in [5.74, 6) is -0.830. The van der Waals surface area contributed by atoms with Gasteiger partial charge in [0.15, 0.2) is 0 Å². The number of halogens is 2. The van der Waals surface area contributed by atoms with E-state index in [1.807, 2.05) is 43.3 Å². The van der Waals surface area contributed by atoms with Gasteiger partial charge in [-0.05, 0) is 36.8 Å². The van der Waals surface area contributed by atoms with Crippen molar-refractivity contribution in [2.24, 2.45) is 5.92 Å². The average Bonchev–Trinajstić information content (AvgIpc) is 2.83. The van der Waals surface area contributed by atoms with Gasteiger partial charge in [0.25, 0.3) is 0 Å². The number of fused-ring (bicyclic) bond motifs is 2. The Balaban J connectivity index is 2.07. The molecule has 2 N–H and O–H groups in total. The van der Waals surface area contributed by atoms with Crippen molar-refractivity contribution in [1.29, 1.82) is 0 Å². The quantitative estimate of drug-likeness (QED) is 0.635. The van der Waals surface area contributed by atoms with Crippen molar-refractivity contribution >= 4 is 45.0 Å². The van der Waals surface area contributed by atoms with Crippen LogP contribution in [0.3, 0.4) is 0 Å². The molecule has 6 heteroatoms. The summed E-state index contributed by atoms with van der Waals surface area (Å²) in [6.45, 7) is 6.45. The first kappa shape index (κ1) is 19.2. The Morgan fingerprint density at radius 2 is 2.00 bits per heavy atom. The van der Waals surface area contributed by atoms with Gasteiger partial charge in [-0.25, -0.2) is 0 Å². The molecule has 1 spiro atoms. The minimum absolute atomic E-state index is 0.0820. The van der Waals surface area contributed by atoms with Crippen molar-refractivity contribution in [2.75, 3.05) is 11.9 Å². The standard InChI is InChI=1S/C22H20BrClN2O2/c1-12(2)16-11-25-19(27)10-15(13-5-3-6-14(24)9-13)22(16)20-17(23)7-4-8-18(20)26-21(22)28/h3-9,15-16H,1,10-11H2,2H3,(H,25,27)(H,26,28)/t15-,16+,22-/m0/s1. The average molecular weight is 460 g/mol. The largest absolute Gasteiger partial charge is 0.355 e. The zero-order valence-corrected chi connectivity index (χ0v) is 17.7. The second-order valence-electron chi connectivity index (χ2n) is 7.50. The number of rotatable bonds is 2. The van der Waals surface area contributed by atoms with Gasteiger partial charge in [0.2, 0.25) is 11.8 Å². The molecule has 2 aromatic rings. The minimum atomic E-state index is -0.967. The summed E-state index contributed by atoms with van der Waals surface area (Å²) in [5.41, 5.74) is 2.41. The van der Waals surface area contributed by atoms with Gasteiger partial charge in [0, 0.05) is 45.5 Å². The lowest BCUT2D eigenvalue weighted by atomic mass is 9.59. The summed E-state index contributed by atoms with van der Waals surface area (Å²) in [5, 5.41) is 6.62. The summed E-state index contributed by atoms with van der Waals surface area (Å²) in [6, 6.07) is 13.2. The van der Waals surface area contributed by atoms with E-state index in [4.69, 9.17) is 11.6 Å². The van der Waals surface area contributed by atoms with Gasteiger partial charge in [-0.15, -0.1) is 0 Å². The molecule has 0 aromatic heterocycles. The molecule has 1 fully saturated rings. The number of anilines is 1. The number of hydrogen-bond donors (Lipinski definition) is 2. The van der Waals surface area contributed by atoms with Crippen molar-refractivity contribution in [2.45, 2.75) is 24.7 Å². The third kappa shape index (κ3) is 2.80. The molecule has 0 unspecified atom stereocenters. The van der Waals surface area contributed by atoms with E-state index in [-0.39, 0.29) is 30.1 Å². The Labute approximate surface area is 177 Å². The van der Waals surface area contributed by atoms with Crippen LogP contribution in [-0.4, -0.2) is 18.4 Å². The highest BCUT2D eigenvalue weighted by Crippen LogP contribution is 2.57. The van der Waals surface area contributed by atoms with E-state index < -0.39 is 5.41 Å². The summed E-state index contributed by atoms with van der Waals surface area (Å²) < 4.78 is 0.843. The first-order valence-corrected chi connectivity index (χ1v) is 10.3. The van der Waals surface area contributed by atoms with Gasteiger partial charge in [0.1, 0.15) is 0 Å². The lowest BCUT2D eigenvalue weighted by Crippen LogP contribution is -2.48. The molecule has 0 bridgehead atoms. The fraction of sp³-hybridized carbons (Fsp3) is 0.273. The van der Waals surface area contributed by atoms with Gasteiger partial charge >= 0.3 is 0 Å². The van der Waals surface area contributed by atoms with E-state index in [9.17, 15) is 9.59 Å². The maximum atomic E-state index is 13.7. The number of carbonyl (C=O) groups is 2. The molecule has 0 aliphatic carbocycles. The molecule has 3 atom stereocenters. The summed E-state index contributed by atoms with van der Waals surface area (Å²) in [7, 11) is 0. The van der Waals surface area contributed by atoms with Crippen LogP contribution in [0.25, 0.3) is 0 Å². The van der Waals surface area contributed by atoms with Crippen molar-refractivity contribution in [3.05, 3.63) is 75.2 Å². The molecular weight excluding hydrogens is 440 g/mol. The maximum Gasteiger partial charge on any atom is 0.236 e. The molecule has 4 rings (SSSR count). The molecule has 0 saturated carbocycles. The molecule has 2 aliphatic rings.